The molecule has 4 nitrogen and oxygen atoms in total. The predicted molar refractivity (Wildman–Crippen MR) is 108 cm³/mol. The van der Waals surface area contributed by atoms with Gasteiger partial charge in [-0.05, 0) is 24.0 Å². The molecule has 4 rings (SSSR count). The van der Waals surface area contributed by atoms with Gasteiger partial charge in [0.25, 0.3) is 0 Å². The minimum absolute atomic E-state index is 0.0369. The average Bonchev–Trinajstić information content (AvgIpc) is 3.15. The monoisotopic (exact) mass is 372 g/mol. The first-order valence-corrected chi connectivity index (χ1v) is 11.5. The van der Waals surface area contributed by atoms with E-state index in [0.717, 1.165) is 19.6 Å². The predicted octanol–water partition coefficient (Wildman–Crippen LogP) is 4.92. The van der Waals surface area contributed by atoms with Gasteiger partial charge in [0.05, 0.1) is 11.7 Å². The Morgan fingerprint density at radius 2 is 1.81 bits per heavy atom. The molecule has 2 fully saturated rings. The molecule has 2 atom stereocenters. The number of fused-ring (bicyclic) bond motifs is 2. The molecular weight excluding hydrogens is 340 g/mol. The number of aryl methyl sites for hydroxylation is 1. The van der Waals surface area contributed by atoms with Gasteiger partial charge < -0.3 is 8.85 Å². The minimum atomic E-state index is -2.40. The highest BCUT2D eigenvalue weighted by Crippen LogP contribution is 2.61. The Balaban J connectivity index is 1.71. The molecule has 2 aliphatic rings. The van der Waals surface area contributed by atoms with E-state index in [0.29, 0.717) is 5.92 Å². The molecule has 142 valence electrons. The summed E-state index contributed by atoms with van der Waals surface area (Å²) < 4.78 is 15.5. The van der Waals surface area contributed by atoms with Crippen LogP contribution in [0.25, 0.3) is 10.9 Å². The van der Waals surface area contributed by atoms with Gasteiger partial charge in [0.15, 0.2) is 0 Å². The van der Waals surface area contributed by atoms with E-state index < -0.39 is 8.56 Å². The van der Waals surface area contributed by atoms with Crippen molar-refractivity contribution in [1.82, 2.24) is 9.78 Å². The van der Waals surface area contributed by atoms with Gasteiger partial charge in [-0.3, -0.25) is 4.68 Å². The number of hydrogen-bond acceptors (Lipinski definition) is 3. The molecule has 1 unspecified atom stereocenters. The fourth-order valence-electron chi connectivity index (χ4n) is 5.15. The van der Waals surface area contributed by atoms with E-state index in [1.807, 2.05) is 17.9 Å². The van der Waals surface area contributed by atoms with Crippen LogP contribution in [0.5, 0.6) is 0 Å². The number of nitrogens with zero attached hydrogens (tertiary/aromatic N) is 2. The first-order chi connectivity index (χ1) is 12.0. The van der Waals surface area contributed by atoms with Crippen LogP contribution >= 0.6 is 0 Å². The van der Waals surface area contributed by atoms with Crippen LogP contribution in [0.15, 0.2) is 24.4 Å². The Morgan fingerprint density at radius 1 is 1.12 bits per heavy atom. The van der Waals surface area contributed by atoms with Crippen molar-refractivity contribution >= 4 is 19.5 Å². The van der Waals surface area contributed by atoms with Gasteiger partial charge in [-0.2, -0.15) is 5.10 Å². The first kappa shape index (κ1) is 18.2. The lowest BCUT2D eigenvalue weighted by Crippen LogP contribution is -2.57. The van der Waals surface area contributed by atoms with Crippen molar-refractivity contribution < 1.29 is 8.85 Å². The molecule has 5 heteroatoms. The third kappa shape index (κ3) is 2.44. The van der Waals surface area contributed by atoms with Gasteiger partial charge in [-0.15, -0.1) is 0 Å². The van der Waals surface area contributed by atoms with Gasteiger partial charge in [-0.25, -0.2) is 0 Å². The Kier molecular flexibility index (Phi) is 3.80. The summed E-state index contributed by atoms with van der Waals surface area (Å²) in [5.74, 6) is 0.562. The summed E-state index contributed by atoms with van der Waals surface area (Å²) in [6.45, 7) is 15.3. The second-order valence-corrected chi connectivity index (χ2v) is 15.1. The SMILES string of the molecule is Cn1ncc2ccc([C@]34CO[Si](C(C)(C)C)(C(C)(C)C)OCC3C4)cc21. The van der Waals surface area contributed by atoms with Crippen molar-refractivity contribution in [2.24, 2.45) is 13.0 Å². The van der Waals surface area contributed by atoms with Gasteiger partial charge in [-0.1, -0.05) is 53.7 Å². The van der Waals surface area contributed by atoms with E-state index in [4.69, 9.17) is 8.85 Å². The van der Waals surface area contributed by atoms with E-state index in [1.54, 1.807) is 0 Å². The summed E-state index contributed by atoms with van der Waals surface area (Å²) in [5.41, 5.74) is 2.70. The maximum Gasteiger partial charge on any atom is 0.349 e. The molecule has 1 aliphatic carbocycles. The van der Waals surface area contributed by atoms with E-state index in [1.165, 1.54) is 16.5 Å². The molecule has 1 saturated carbocycles. The number of aromatic nitrogens is 2. The molecule has 1 aromatic carbocycles. The Labute approximate surface area is 158 Å². The van der Waals surface area contributed by atoms with Crippen LogP contribution in [0, 0.1) is 5.92 Å². The topological polar surface area (TPSA) is 36.3 Å². The van der Waals surface area contributed by atoms with Gasteiger partial charge in [0, 0.05) is 41.1 Å². The molecule has 1 saturated heterocycles. The van der Waals surface area contributed by atoms with Crippen LogP contribution in [0.4, 0.5) is 0 Å². The second kappa shape index (κ2) is 5.43. The molecule has 2 heterocycles. The third-order valence-corrected chi connectivity index (χ3v) is 11.6. The molecule has 0 spiro atoms. The summed E-state index contributed by atoms with van der Waals surface area (Å²) in [7, 11) is -0.385. The molecule has 2 aromatic rings. The largest absolute Gasteiger partial charge is 0.393 e. The van der Waals surface area contributed by atoms with E-state index in [9.17, 15) is 0 Å². The Morgan fingerprint density at radius 3 is 2.46 bits per heavy atom. The van der Waals surface area contributed by atoms with Crippen LogP contribution in [0.1, 0.15) is 53.5 Å². The molecule has 1 aliphatic heterocycles. The summed E-state index contributed by atoms with van der Waals surface area (Å²) >= 11 is 0. The van der Waals surface area contributed by atoms with Gasteiger partial charge in [0.1, 0.15) is 0 Å². The normalized spacial score (nSPS) is 28.7. The van der Waals surface area contributed by atoms with E-state index in [-0.39, 0.29) is 15.5 Å². The van der Waals surface area contributed by atoms with Crippen molar-refractivity contribution in [2.75, 3.05) is 13.2 Å². The standard InChI is InChI=1S/C21H32N2O2Si/c1-19(2,3)26(20(4,5)6)24-13-17-11-21(17,14-25-26)16-9-8-15-12-22-23(7)18(15)10-16/h8-10,12,17H,11,13-14H2,1-7H3/t17?,21-/m0/s1. The van der Waals surface area contributed by atoms with Gasteiger partial charge >= 0.3 is 8.56 Å². The first-order valence-electron chi connectivity index (χ1n) is 9.70. The molecule has 0 bridgehead atoms. The smallest absolute Gasteiger partial charge is 0.349 e. The summed E-state index contributed by atoms with van der Waals surface area (Å²) in [4.78, 5) is 0. The number of hydrogen-bond donors (Lipinski definition) is 0. The Bertz CT molecular complexity index is 832. The zero-order valence-corrected chi connectivity index (χ0v) is 18.2. The van der Waals surface area contributed by atoms with Crippen molar-refractivity contribution in [3.63, 3.8) is 0 Å². The lowest BCUT2D eigenvalue weighted by atomic mass is 9.93. The summed E-state index contributed by atoms with van der Waals surface area (Å²) in [6, 6.07) is 6.79. The van der Waals surface area contributed by atoms with Crippen LogP contribution < -0.4 is 0 Å². The van der Waals surface area contributed by atoms with Crippen LogP contribution in [-0.2, 0) is 21.3 Å². The number of benzene rings is 1. The molecule has 0 radical (unpaired) electrons. The fourth-order valence-corrected chi connectivity index (χ4v) is 10.1. The molecule has 0 N–H and O–H groups in total. The Hall–Kier alpha value is -1.17. The van der Waals surface area contributed by atoms with E-state index in [2.05, 4.69) is 64.8 Å². The van der Waals surface area contributed by atoms with Crippen molar-refractivity contribution in [1.29, 1.82) is 0 Å². The van der Waals surface area contributed by atoms with E-state index >= 15 is 0 Å². The highest BCUT2D eigenvalue weighted by atomic mass is 28.4. The molecule has 0 amide bonds. The molecule has 26 heavy (non-hydrogen) atoms. The zero-order valence-electron chi connectivity index (χ0n) is 17.2. The highest BCUT2D eigenvalue weighted by Gasteiger charge is 2.65. The van der Waals surface area contributed by atoms with Crippen molar-refractivity contribution in [3.8, 4) is 0 Å². The zero-order chi connectivity index (χ0) is 19.0. The van der Waals surface area contributed by atoms with Crippen LogP contribution in [0.2, 0.25) is 10.1 Å². The lowest BCUT2D eigenvalue weighted by molar-refractivity contribution is 0.137. The van der Waals surface area contributed by atoms with Crippen molar-refractivity contribution in [2.45, 2.75) is 63.5 Å². The van der Waals surface area contributed by atoms with Crippen LogP contribution in [0.3, 0.4) is 0 Å². The number of rotatable bonds is 1. The quantitative estimate of drug-likeness (QED) is 0.667. The minimum Gasteiger partial charge on any atom is -0.393 e. The molecule has 1 aromatic heterocycles. The maximum atomic E-state index is 6.85. The summed E-state index contributed by atoms with van der Waals surface area (Å²) in [6.07, 6.45) is 3.10. The van der Waals surface area contributed by atoms with Crippen LogP contribution in [-0.4, -0.2) is 31.6 Å². The summed E-state index contributed by atoms with van der Waals surface area (Å²) in [5, 5.41) is 5.66. The lowest BCUT2D eigenvalue weighted by Gasteiger charge is -2.48. The average molecular weight is 373 g/mol. The van der Waals surface area contributed by atoms with Crippen molar-refractivity contribution in [3.05, 3.63) is 30.0 Å². The molecular formula is C21H32N2O2Si. The third-order valence-electron chi connectivity index (χ3n) is 6.55. The van der Waals surface area contributed by atoms with Gasteiger partial charge in [0.2, 0.25) is 0 Å². The fraction of sp³-hybridized carbons (Fsp3) is 0.667. The maximum absolute atomic E-state index is 6.85. The highest BCUT2D eigenvalue weighted by molar-refractivity contribution is 6.73. The second-order valence-electron chi connectivity index (χ2n) is 10.3.